The molecule has 3 heterocycles. The molecule has 1 N–H and O–H groups in total. The largest absolute Gasteiger partial charge is 0.381 e. The van der Waals surface area contributed by atoms with Gasteiger partial charge in [0.2, 0.25) is 0 Å². The first-order chi connectivity index (χ1) is 11.8. The smallest absolute Gasteiger partial charge is 0.193 e. The van der Waals surface area contributed by atoms with E-state index >= 15 is 0 Å². The molecule has 0 aliphatic carbocycles. The summed E-state index contributed by atoms with van der Waals surface area (Å²) in [6, 6.07) is 10.4. The lowest BCUT2D eigenvalue weighted by Gasteiger charge is -2.25. The van der Waals surface area contributed by atoms with Crippen LogP contribution in [-0.4, -0.2) is 49.2 Å². The Morgan fingerprint density at radius 2 is 2.20 bits per heavy atom. The van der Waals surface area contributed by atoms with Crippen LogP contribution in [0.5, 0.6) is 0 Å². The maximum Gasteiger partial charge on any atom is 0.193 e. The second kappa shape index (κ2) is 7.86. The summed E-state index contributed by atoms with van der Waals surface area (Å²) in [6.07, 6.45) is 4.25. The number of guanidine groups is 1. The summed E-state index contributed by atoms with van der Waals surface area (Å²) in [5, 5.41) is 4.73. The maximum atomic E-state index is 5.63. The van der Waals surface area contributed by atoms with E-state index in [2.05, 4.69) is 44.5 Å². The van der Waals surface area contributed by atoms with Crippen LogP contribution in [0.3, 0.4) is 0 Å². The molecule has 6 heteroatoms. The fourth-order valence-corrected chi connectivity index (χ4v) is 3.90. The van der Waals surface area contributed by atoms with Gasteiger partial charge in [-0.05, 0) is 30.5 Å². The minimum absolute atomic E-state index is 0. The number of likely N-dealkylation sites (tertiary alicyclic amines) is 1. The molecule has 134 valence electrons. The van der Waals surface area contributed by atoms with Gasteiger partial charge in [-0.1, -0.05) is 18.2 Å². The van der Waals surface area contributed by atoms with Crippen molar-refractivity contribution in [3.63, 3.8) is 0 Å². The Bertz CT molecular complexity index is 753. The van der Waals surface area contributed by atoms with Crippen LogP contribution in [0.1, 0.15) is 18.4 Å². The van der Waals surface area contributed by atoms with Gasteiger partial charge in [0.05, 0.1) is 12.1 Å². The van der Waals surface area contributed by atoms with Gasteiger partial charge in [0, 0.05) is 50.3 Å². The first-order valence-corrected chi connectivity index (χ1v) is 8.66. The Morgan fingerprint density at radius 1 is 1.32 bits per heavy atom. The van der Waals surface area contributed by atoms with E-state index in [9.17, 15) is 0 Å². The molecule has 25 heavy (non-hydrogen) atoms. The normalized spacial score (nSPS) is 23.2. The first kappa shape index (κ1) is 18.4. The number of aliphatic imine (C=N–C) groups is 1. The van der Waals surface area contributed by atoms with Crippen molar-refractivity contribution in [2.45, 2.75) is 19.4 Å². The highest BCUT2D eigenvalue weighted by Crippen LogP contribution is 2.38. The van der Waals surface area contributed by atoms with Crippen LogP contribution in [-0.2, 0) is 11.3 Å². The van der Waals surface area contributed by atoms with Crippen molar-refractivity contribution in [1.82, 2.24) is 15.2 Å². The van der Waals surface area contributed by atoms with Crippen molar-refractivity contribution in [2.75, 3.05) is 33.4 Å². The molecule has 2 aliphatic heterocycles. The van der Waals surface area contributed by atoms with Crippen LogP contribution < -0.4 is 5.32 Å². The Hall–Kier alpha value is -1.41. The van der Waals surface area contributed by atoms with Gasteiger partial charge in [-0.2, -0.15) is 0 Å². The van der Waals surface area contributed by atoms with E-state index in [1.165, 1.54) is 23.8 Å². The zero-order chi connectivity index (χ0) is 16.4. The highest BCUT2D eigenvalue weighted by molar-refractivity contribution is 14.0. The van der Waals surface area contributed by atoms with Crippen LogP contribution in [0.2, 0.25) is 0 Å². The molecule has 2 aromatic rings. The molecule has 2 saturated heterocycles. The van der Waals surface area contributed by atoms with Gasteiger partial charge in [0.15, 0.2) is 5.96 Å². The summed E-state index contributed by atoms with van der Waals surface area (Å²) in [4.78, 5) is 11.3. The van der Waals surface area contributed by atoms with E-state index in [1.54, 1.807) is 0 Å². The first-order valence-electron chi connectivity index (χ1n) is 8.66. The van der Waals surface area contributed by atoms with Gasteiger partial charge in [0.1, 0.15) is 0 Å². The zero-order valence-electron chi connectivity index (χ0n) is 14.6. The molecular weight excluding hydrogens is 427 g/mol. The molecule has 4 rings (SSSR count). The molecule has 2 fully saturated rings. The summed E-state index contributed by atoms with van der Waals surface area (Å²) in [6.45, 7) is 4.66. The molecule has 2 aliphatic rings. The molecule has 1 aromatic heterocycles. The molecule has 5 nitrogen and oxygen atoms in total. The van der Waals surface area contributed by atoms with Crippen LogP contribution in [0, 0.1) is 5.41 Å². The zero-order valence-corrected chi connectivity index (χ0v) is 16.9. The van der Waals surface area contributed by atoms with Crippen LogP contribution in [0.15, 0.2) is 41.5 Å². The Balaban J connectivity index is 0.00000182. The van der Waals surface area contributed by atoms with Gasteiger partial charge in [-0.15, -0.1) is 24.0 Å². The molecule has 0 amide bonds. The summed E-state index contributed by atoms with van der Waals surface area (Å²) in [5.41, 5.74) is 2.64. The van der Waals surface area contributed by atoms with E-state index in [0.717, 1.165) is 44.3 Å². The van der Waals surface area contributed by atoms with Crippen LogP contribution >= 0.6 is 24.0 Å². The summed E-state index contributed by atoms with van der Waals surface area (Å²) < 4.78 is 5.63. The lowest BCUT2D eigenvalue weighted by molar-refractivity contribution is 0.156. The number of nitrogens with one attached hydrogen (secondary N) is 1. The Labute approximate surface area is 165 Å². The molecular formula is C19H25IN4O. The van der Waals surface area contributed by atoms with Crippen LogP contribution in [0.25, 0.3) is 10.9 Å². The molecule has 1 aromatic carbocycles. The monoisotopic (exact) mass is 452 g/mol. The molecule has 0 saturated carbocycles. The average Bonchev–Trinajstić information content (AvgIpc) is 3.26. The maximum absolute atomic E-state index is 5.63. The number of nitrogens with zero attached hydrogens (tertiary/aromatic N) is 3. The van der Waals surface area contributed by atoms with E-state index < -0.39 is 0 Å². The van der Waals surface area contributed by atoms with Gasteiger partial charge < -0.3 is 15.0 Å². The van der Waals surface area contributed by atoms with Gasteiger partial charge in [-0.25, -0.2) is 0 Å². The third-order valence-corrected chi connectivity index (χ3v) is 5.31. The number of hydrogen-bond donors (Lipinski definition) is 1. The topological polar surface area (TPSA) is 49.8 Å². The summed E-state index contributed by atoms with van der Waals surface area (Å²) in [7, 11) is 1.86. The number of aromatic nitrogens is 1. The lowest BCUT2D eigenvalue weighted by atomic mass is 9.87. The molecule has 0 bridgehead atoms. The lowest BCUT2D eigenvalue weighted by Crippen LogP contribution is -2.41. The van der Waals surface area contributed by atoms with E-state index in [-0.39, 0.29) is 24.0 Å². The highest BCUT2D eigenvalue weighted by atomic mass is 127. The van der Waals surface area contributed by atoms with Crippen molar-refractivity contribution < 1.29 is 4.74 Å². The number of para-hydroxylation sites is 1. The minimum Gasteiger partial charge on any atom is -0.381 e. The predicted octanol–water partition coefficient (Wildman–Crippen LogP) is 3.04. The molecule has 1 unspecified atom stereocenters. The van der Waals surface area contributed by atoms with Crippen molar-refractivity contribution in [3.05, 3.63) is 42.1 Å². The van der Waals surface area contributed by atoms with E-state index in [0.29, 0.717) is 5.41 Å². The molecule has 0 radical (unpaired) electrons. The van der Waals surface area contributed by atoms with E-state index in [1.807, 2.05) is 19.3 Å². The predicted molar refractivity (Wildman–Crippen MR) is 111 cm³/mol. The number of benzene rings is 1. The fraction of sp³-hybridized carbons (Fsp3) is 0.474. The summed E-state index contributed by atoms with van der Waals surface area (Å²) >= 11 is 0. The third-order valence-electron chi connectivity index (χ3n) is 5.31. The Kier molecular flexibility index (Phi) is 5.78. The summed E-state index contributed by atoms with van der Waals surface area (Å²) in [5.74, 6) is 0.986. The minimum atomic E-state index is 0. The Morgan fingerprint density at radius 3 is 3.00 bits per heavy atom. The van der Waals surface area contributed by atoms with Crippen molar-refractivity contribution in [2.24, 2.45) is 10.4 Å². The highest BCUT2D eigenvalue weighted by Gasteiger charge is 2.42. The SMILES string of the molecule is CN=C(NCc1ccnc2ccccc12)N1CCC2(CCOC2)C1.I. The fourth-order valence-electron chi connectivity index (χ4n) is 3.90. The number of rotatable bonds is 2. The molecule has 1 atom stereocenters. The number of fused-ring (bicyclic) bond motifs is 1. The van der Waals surface area contributed by atoms with E-state index in [4.69, 9.17) is 4.74 Å². The van der Waals surface area contributed by atoms with Crippen molar-refractivity contribution in [1.29, 1.82) is 0 Å². The second-order valence-corrected chi connectivity index (χ2v) is 6.86. The number of halogens is 1. The van der Waals surface area contributed by atoms with Crippen molar-refractivity contribution in [3.8, 4) is 0 Å². The second-order valence-electron chi connectivity index (χ2n) is 6.86. The quantitative estimate of drug-likeness (QED) is 0.433. The average molecular weight is 452 g/mol. The van der Waals surface area contributed by atoms with Crippen LogP contribution in [0.4, 0.5) is 0 Å². The van der Waals surface area contributed by atoms with Gasteiger partial charge in [-0.3, -0.25) is 9.98 Å². The number of pyridine rings is 1. The number of hydrogen-bond acceptors (Lipinski definition) is 3. The van der Waals surface area contributed by atoms with Gasteiger partial charge >= 0.3 is 0 Å². The third kappa shape index (κ3) is 3.74. The molecule has 1 spiro atoms. The number of ether oxygens (including phenoxy) is 1. The van der Waals surface area contributed by atoms with Gasteiger partial charge in [0.25, 0.3) is 0 Å². The van der Waals surface area contributed by atoms with Crippen molar-refractivity contribution >= 4 is 40.8 Å². The standard InChI is InChI=1S/C19H24N4O.HI/c1-20-18(23-10-7-19(13-23)8-11-24-14-19)22-12-15-6-9-21-17-5-3-2-4-16(15)17;/h2-6,9H,7-8,10-14H2,1H3,(H,20,22);1H.